The van der Waals surface area contributed by atoms with E-state index in [2.05, 4.69) is 43.1 Å². The van der Waals surface area contributed by atoms with Crippen LogP contribution in [-0.2, 0) is 19.4 Å². The van der Waals surface area contributed by atoms with Crippen molar-refractivity contribution in [2.24, 2.45) is 0 Å². The monoisotopic (exact) mass is 455 g/mol. The Kier molecular flexibility index (Phi) is 10.3. The fourth-order valence-electron chi connectivity index (χ4n) is 3.85. The van der Waals surface area contributed by atoms with E-state index in [9.17, 15) is 4.79 Å². The Hall–Kier alpha value is -2.14. The summed E-state index contributed by atoms with van der Waals surface area (Å²) in [5.41, 5.74) is 2.01. The van der Waals surface area contributed by atoms with Crippen molar-refractivity contribution in [2.75, 3.05) is 0 Å². The molecule has 0 fully saturated rings. The Balaban J connectivity index is 1.49. The van der Waals surface area contributed by atoms with E-state index in [1.807, 2.05) is 6.07 Å². The van der Waals surface area contributed by atoms with E-state index >= 15 is 0 Å². The molecular formula is C27H37NO3S. The SMILES string of the molecule is CCCCCCCCCCc1cc2c(=O)oc(OCc3ccc(CCCC)cc3)nc2s1. The topological polar surface area (TPSA) is 52.3 Å². The first-order chi connectivity index (χ1) is 15.7. The number of thiophene rings is 1. The van der Waals surface area contributed by atoms with Crippen molar-refractivity contribution in [1.82, 2.24) is 4.98 Å². The Labute approximate surface area is 196 Å². The third-order valence-corrected chi connectivity index (χ3v) is 6.93. The zero-order valence-corrected chi connectivity index (χ0v) is 20.5. The van der Waals surface area contributed by atoms with Crippen molar-refractivity contribution in [3.63, 3.8) is 0 Å². The maximum atomic E-state index is 12.4. The molecule has 0 saturated carbocycles. The molecule has 0 saturated heterocycles. The molecule has 3 rings (SSSR count). The van der Waals surface area contributed by atoms with Gasteiger partial charge in [-0.25, -0.2) is 4.79 Å². The second-order valence-electron chi connectivity index (χ2n) is 8.63. The van der Waals surface area contributed by atoms with Gasteiger partial charge in [-0.15, -0.1) is 11.3 Å². The molecule has 2 heterocycles. The van der Waals surface area contributed by atoms with Gasteiger partial charge >= 0.3 is 11.7 Å². The number of fused-ring (bicyclic) bond motifs is 1. The lowest BCUT2D eigenvalue weighted by Gasteiger charge is -2.05. The van der Waals surface area contributed by atoms with E-state index in [4.69, 9.17) is 9.15 Å². The molecule has 4 nitrogen and oxygen atoms in total. The van der Waals surface area contributed by atoms with Gasteiger partial charge in [0.2, 0.25) is 0 Å². The van der Waals surface area contributed by atoms with Crippen LogP contribution in [-0.4, -0.2) is 4.98 Å². The van der Waals surface area contributed by atoms with Crippen LogP contribution in [0.2, 0.25) is 0 Å². The van der Waals surface area contributed by atoms with E-state index < -0.39 is 0 Å². The molecule has 3 aromatic rings. The van der Waals surface area contributed by atoms with Crippen LogP contribution in [0.5, 0.6) is 6.08 Å². The predicted octanol–water partition coefficient (Wildman–Crippen LogP) is 7.85. The number of nitrogens with zero attached hydrogens (tertiary/aromatic N) is 1. The highest BCUT2D eigenvalue weighted by molar-refractivity contribution is 7.18. The van der Waals surface area contributed by atoms with Gasteiger partial charge in [-0.2, -0.15) is 4.98 Å². The van der Waals surface area contributed by atoms with Crippen LogP contribution >= 0.6 is 11.3 Å². The summed E-state index contributed by atoms with van der Waals surface area (Å²) in [5, 5.41) is 0.567. The number of ether oxygens (including phenoxy) is 1. The molecule has 0 unspecified atom stereocenters. The van der Waals surface area contributed by atoms with Crippen LogP contribution in [0.4, 0.5) is 0 Å². The first-order valence-corrected chi connectivity index (χ1v) is 13.2. The second kappa shape index (κ2) is 13.4. The summed E-state index contributed by atoms with van der Waals surface area (Å²) in [6, 6.07) is 10.3. The van der Waals surface area contributed by atoms with Crippen molar-refractivity contribution in [3.05, 3.63) is 56.8 Å². The summed E-state index contributed by atoms with van der Waals surface area (Å²) in [6.07, 6.45) is 15.0. The lowest BCUT2D eigenvalue weighted by Crippen LogP contribution is -2.04. The summed E-state index contributed by atoms with van der Waals surface area (Å²) >= 11 is 1.58. The van der Waals surface area contributed by atoms with Crippen molar-refractivity contribution < 1.29 is 9.15 Å². The molecule has 32 heavy (non-hydrogen) atoms. The Morgan fingerprint density at radius 2 is 1.50 bits per heavy atom. The van der Waals surface area contributed by atoms with Gasteiger partial charge in [-0.05, 0) is 42.9 Å². The number of rotatable bonds is 15. The number of aromatic nitrogens is 1. The van der Waals surface area contributed by atoms with Gasteiger partial charge in [-0.1, -0.05) is 89.5 Å². The van der Waals surface area contributed by atoms with Crippen LogP contribution in [0.3, 0.4) is 0 Å². The number of unbranched alkanes of at least 4 members (excludes halogenated alkanes) is 8. The molecule has 0 aliphatic heterocycles. The normalized spacial score (nSPS) is 11.3. The Bertz CT molecular complexity index is 990. The van der Waals surface area contributed by atoms with Gasteiger partial charge in [0.25, 0.3) is 0 Å². The van der Waals surface area contributed by atoms with Crippen LogP contribution in [0.25, 0.3) is 10.2 Å². The molecule has 0 bridgehead atoms. The minimum Gasteiger partial charge on any atom is -0.445 e. The highest BCUT2D eigenvalue weighted by Crippen LogP contribution is 2.25. The van der Waals surface area contributed by atoms with Crippen LogP contribution in [0.1, 0.15) is 94.1 Å². The first kappa shape index (κ1) is 24.5. The van der Waals surface area contributed by atoms with Gasteiger partial charge in [-0.3, -0.25) is 0 Å². The summed E-state index contributed by atoms with van der Waals surface area (Å²) in [4.78, 5) is 18.7. The van der Waals surface area contributed by atoms with Crippen LogP contribution in [0, 0.1) is 0 Å². The summed E-state index contributed by atoms with van der Waals surface area (Å²) in [6.45, 7) is 4.79. The van der Waals surface area contributed by atoms with Gasteiger partial charge in [0.05, 0.1) is 5.39 Å². The van der Waals surface area contributed by atoms with E-state index in [0.717, 1.165) is 24.8 Å². The van der Waals surface area contributed by atoms with Crippen molar-refractivity contribution in [3.8, 4) is 6.08 Å². The van der Waals surface area contributed by atoms with Gasteiger partial charge in [0.1, 0.15) is 11.4 Å². The molecule has 1 aromatic carbocycles. The lowest BCUT2D eigenvalue weighted by atomic mass is 10.1. The second-order valence-corrected chi connectivity index (χ2v) is 9.75. The number of benzene rings is 1. The number of hydrogen-bond donors (Lipinski definition) is 0. The highest BCUT2D eigenvalue weighted by atomic mass is 32.1. The molecule has 2 aromatic heterocycles. The molecule has 0 spiro atoms. The van der Waals surface area contributed by atoms with Gasteiger partial charge < -0.3 is 9.15 Å². The largest absolute Gasteiger partial charge is 0.445 e. The van der Waals surface area contributed by atoms with Crippen molar-refractivity contribution in [2.45, 2.75) is 97.5 Å². The van der Waals surface area contributed by atoms with Crippen LogP contribution < -0.4 is 10.4 Å². The third-order valence-electron chi connectivity index (χ3n) is 5.84. The average molecular weight is 456 g/mol. The van der Waals surface area contributed by atoms with E-state index in [1.54, 1.807) is 11.3 Å². The van der Waals surface area contributed by atoms with E-state index in [0.29, 0.717) is 16.8 Å². The smallest absolute Gasteiger partial charge is 0.398 e. The lowest BCUT2D eigenvalue weighted by molar-refractivity contribution is 0.207. The minimum absolute atomic E-state index is 0.0537. The molecule has 0 radical (unpaired) electrons. The molecule has 0 atom stereocenters. The van der Waals surface area contributed by atoms with Gasteiger partial charge in [0, 0.05) is 4.88 Å². The molecular weight excluding hydrogens is 418 g/mol. The predicted molar refractivity (Wildman–Crippen MR) is 134 cm³/mol. The van der Waals surface area contributed by atoms with E-state index in [1.165, 1.54) is 68.2 Å². The fourth-order valence-corrected chi connectivity index (χ4v) is 4.89. The zero-order chi connectivity index (χ0) is 22.6. The summed E-state index contributed by atoms with van der Waals surface area (Å²) < 4.78 is 11.0. The summed E-state index contributed by atoms with van der Waals surface area (Å²) in [5.74, 6) is 0. The minimum atomic E-state index is -0.363. The number of aryl methyl sites for hydroxylation is 2. The van der Waals surface area contributed by atoms with Crippen molar-refractivity contribution in [1.29, 1.82) is 0 Å². The number of hydrogen-bond acceptors (Lipinski definition) is 5. The average Bonchev–Trinajstić information content (AvgIpc) is 3.22. The Morgan fingerprint density at radius 3 is 2.22 bits per heavy atom. The van der Waals surface area contributed by atoms with E-state index in [-0.39, 0.29) is 11.7 Å². The maximum Gasteiger partial charge on any atom is 0.398 e. The molecule has 5 heteroatoms. The summed E-state index contributed by atoms with van der Waals surface area (Å²) in [7, 11) is 0. The molecule has 0 aliphatic rings. The molecule has 0 aliphatic carbocycles. The zero-order valence-electron chi connectivity index (χ0n) is 19.7. The maximum absolute atomic E-state index is 12.4. The standard InChI is InChI=1S/C27H37NO3S/c1-3-5-7-8-9-10-11-12-14-23-19-24-25(32-23)28-27(31-26(24)29)30-20-22-17-15-21(16-18-22)13-6-4-2/h15-19H,3-14,20H2,1-2H3. The van der Waals surface area contributed by atoms with Gasteiger partial charge in [0.15, 0.2) is 0 Å². The molecule has 0 amide bonds. The first-order valence-electron chi connectivity index (χ1n) is 12.3. The third kappa shape index (κ3) is 7.77. The fraction of sp³-hybridized carbons (Fsp3) is 0.556. The highest BCUT2D eigenvalue weighted by Gasteiger charge is 2.12. The van der Waals surface area contributed by atoms with Crippen LogP contribution in [0.15, 0.2) is 39.5 Å². The molecule has 0 N–H and O–H groups in total. The molecule has 174 valence electrons. The van der Waals surface area contributed by atoms with Crippen molar-refractivity contribution >= 4 is 21.6 Å². The quantitative estimate of drug-likeness (QED) is 0.219. The Morgan fingerprint density at radius 1 is 0.844 bits per heavy atom.